The third-order valence-electron chi connectivity index (χ3n) is 5.41. The van der Waals surface area contributed by atoms with Gasteiger partial charge < -0.3 is 19.1 Å². The van der Waals surface area contributed by atoms with Gasteiger partial charge in [0, 0.05) is 38.2 Å². The molecule has 0 saturated heterocycles. The smallest absolute Gasteiger partial charge is 0.406 e. The van der Waals surface area contributed by atoms with E-state index < -0.39 is 6.36 Å². The largest absolute Gasteiger partial charge is 0.573 e. The highest BCUT2D eigenvalue weighted by molar-refractivity contribution is 5.97. The highest BCUT2D eigenvalue weighted by Gasteiger charge is 2.31. The Bertz CT molecular complexity index is 1090. The van der Waals surface area contributed by atoms with E-state index in [1.165, 1.54) is 12.1 Å². The van der Waals surface area contributed by atoms with Crippen LogP contribution in [0.2, 0.25) is 0 Å². The Morgan fingerprint density at radius 2 is 1.73 bits per heavy atom. The minimum Gasteiger partial charge on any atom is -0.406 e. The van der Waals surface area contributed by atoms with E-state index in [0.29, 0.717) is 31.6 Å². The Labute approximate surface area is 191 Å². The third kappa shape index (κ3) is 6.25. The van der Waals surface area contributed by atoms with Gasteiger partial charge in [-0.2, -0.15) is 0 Å². The maximum Gasteiger partial charge on any atom is 0.573 e. The van der Waals surface area contributed by atoms with Gasteiger partial charge in [0.05, 0.1) is 11.0 Å². The molecule has 1 amide bonds. The monoisotopic (exact) mass is 462 g/mol. The first-order valence-electron chi connectivity index (χ1n) is 10.9. The maximum atomic E-state index is 12.8. The van der Waals surface area contributed by atoms with Gasteiger partial charge in [-0.25, -0.2) is 4.98 Å². The number of carbonyl (C=O) groups excluding carboxylic acids is 1. The van der Waals surface area contributed by atoms with Crippen molar-refractivity contribution in [1.29, 1.82) is 0 Å². The Morgan fingerprint density at radius 3 is 2.30 bits per heavy atom. The Hall–Kier alpha value is -3.07. The molecule has 0 aliphatic heterocycles. The van der Waals surface area contributed by atoms with E-state index in [0.717, 1.165) is 29.0 Å². The standard InChI is InChI=1S/C24H29F3N4O2/c1-5-30(6-2)23(32)18-9-12-21-20(16-18)28-22(31(21)14-13-29(3)4)15-17-7-10-19(11-8-17)33-24(25,26)27/h7-12,16H,5-6,13-15H2,1-4H3. The number of nitrogens with zero attached hydrogens (tertiary/aromatic N) is 4. The molecule has 0 saturated carbocycles. The highest BCUT2D eigenvalue weighted by Crippen LogP contribution is 2.25. The van der Waals surface area contributed by atoms with Gasteiger partial charge in [-0.3, -0.25) is 4.79 Å². The van der Waals surface area contributed by atoms with E-state index in [-0.39, 0.29) is 11.7 Å². The van der Waals surface area contributed by atoms with Gasteiger partial charge in [0.15, 0.2) is 0 Å². The van der Waals surface area contributed by atoms with Crippen LogP contribution in [0.15, 0.2) is 42.5 Å². The van der Waals surface area contributed by atoms with Crippen molar-refractivity contribution in [3.63, 3.8) is 0 Å². The average Bonchev–Trinajstić information content (AvgIpc) is 3.09. The van der Waals surface area contributed by atoms with Crippen molar-refractivity contribution in [2.24, 2.45) is 0 Å². The fourth-order valence-electron chi connectivity index (χ4n) is 3.68. The van der Waals surface area contributed by atoms with Crippen molar-refractivity contribution >= 4 is 16.9 Å². The number of hydrogen-bond donors (Lipinski definition) is 0. The molecule has 0 atom stereocenters. The normalized spacial score (nSPS) is 11.9. The lowest BCUT2D eigenvalue weighted by Gasteiger charge is -2.18. The molecular formula is C24H29F3N4O2. The molecular weight excluding hydrogens is 433 g/mol. The summed E-state index contributed by atoms with van der Waals surface area (Å²) in [6.45, 7) is 6.63. The SMILES string of the molecule is CCN(CC)C(=O)c1ccc2c(c1)nc(Cc1ccc(OC(F)(F)F)cc1)n2CCN(C)C. The van der Waals surface area contributed by atoms with Gasteiger partial charge >= 0.3 is 6.36 Å². The number of alkyl halides is 3. The zero-order chi connectivity index (χ0) is 24.2. The Kier molecular flexibility index (Phi) is 7.63. The lowest BCUT2D eigenvalue weighted by molar-refractivity contribution is -0.274. The molecule has 0 radical (unpaired) electrons. The van der Waals surface area contributed by atoms with Crippen LogP contribution in [0.5, 0.6) is 5.75 Å². The average molecular weight is 463 g/mol. The molecule has 1 aromatic heterocycles. The van der Waals surface area contributed by atoms with Crippen LogP contribution in [0.4, 0.5) is 13.2 Å². The summed E-state index contributed by atoms with van der Waals surface area (Å²) in [5.41, 5.74) is 3.03. The molecule has 6 nitrogen and oxygen atoms in total. The molecule has 178 valence electrons. The van der Waals surface area contributed by atoms with Gasteiger partial charge in [-0.15, -0.1) is 13.2 Å². The number of fused-ring (bicyclic) bond motifs is 1. The first-order chi connectivity index (χ1) is 15.6. The van der Waals surface area contributed by atoms with Crippen molar-refractivity contribution in [3.8, 4) is 5.75 Å². The van der Waals surface area contributed by atoms with Crippen LogP contribution in [0, 0.1) is 0 Å². The van der Waals surface area contributed by atoms with E-state index in [1.54, 1.807) is 17.0 Å². The Morgan fingerprint density at radius 1 is 1.06 bits per heavy atom. The second-order valence-electron chi connectivity index (χ2n) is 8.03. The predicted molar refractivity (Wildman–Crippen MR) is 121 cm³/mol. The maximum absolute atomic E-state index is 12.8. The minimum atomic E-state index is -4.72. The molecule has 33 heavy (non-hydrogen) atoms. The number of imidazole rings is 1. The fourth-order valence-corrected chi connectivity index (χ4v) is 3.68. The number of aromatic nitrogens is 2. The molecule has 0 N–H and O–H groups in total. The van der Waals surface area contributed by atoms with Crippen LogP contribution in [0.1, 0.15) is 35.6 Å². The van der Waals surface area contributed by atoms with E-state index in [4.69, 9.17) is 4.98 Å². The lowest BCUT2D eigenvalue weighted by atomic mass is 10.1. The quantitative estimate of drug-likeness (QED) is 0.468. The molecule has 0 spiro atoms. The van der Waals surface area contributed by atoms with Crippen LogP contribution >= 0.6 is 0 Å². The number of ether oxygens (including phenoxy) is 1. The van der Waals surface area contributed by atoms with Crippen LogP contribution in [0.3, 0.4) is 0 Å². The number of carbonyl (C=O) groups is 1. The van der Waals surface area contributed by atoms with Crippen LogP contribution in [0.25, 0.3) is 11.0 Å². The van der Waals surface area contributed by atoms with Crippen molar-refractivity contribution in [1.82, 2.24) is 19.4 Å². The second kappa shape index (κ2) is 10.2. The van der Waals surface area contributed by atoms with Crippen LogP contribution < -0.4 is 4.74 Å². The van der Waals surface area contributed by atoms with Crippen molar-refractivity contribution in [2.75, 3.05) is 33.7 Å². The number of halogens is 3. The predicted octanol–water partition coefficient (Wildman–Crippen LogP) is 4.57. The summed E-state index contributed by atoms with van der Waals surface area (Å²) >= 11 is 0. The van der Waals surface area contributed by atoms with E-state index >= 15 is 0 Å². The summed E-state index contributed by atoms with van der Waals surface area (Å²) in [6.07, 6.45) is -4.28. The highest BCUT2D eigenvalue weighted by atomic mass is 19.4. The molecule has 0 bridgehead atoms. The summed E-state index contributed by atoms with van der Waals surface area (Å²) < 4.78 is 43.3. The number of amides is 1. The number of benzene rings is 2. The molecule has 0 aliphatic rings. The molecule has 3 rings (SSSR count). The molecule has 0 unspecified atom stereocenters. The van der Waals surface area contributed by atoms with E-state index in [1.807, 2.05) is 46.1 Å². The number of likely N-dealkylation sites (N-methyl/N-ethyl adjacent to an activating group) is 1. The van der Waals surface area contributed by atoms with Gasteiger partial charge in [0.25, 0.3) is 5.91 Å². The zero-order valence-electron chi connectivity index (χ0n) is 19.3. The third-order valence-corrected chi connectivity index (χ3v) is 5.41. The fraction of sp³-hybridized carbons (Fsp3) is 0.417. The molecule has 1 heterocycles. The van der Waals surface area contributed by atoms with E-state index in [9.17, 15) is 18.0 Å². The zero-order valence-corrected chi connectivity index (χ0v) is 19.3. The minimum absolute atomic E-state index is 0.0356. The van der Waals surface area contributed by atoms with Crippen LogP contribution in [-0.2, 0) is 13.0 Å². The number of hydrogen-bond acceptors (Lipinski definition) is 4. The van der Waals surface area contributed by atoms with E-state index in [2.05, 4.69) is 14.2 Å². The second-order valence-corrected chi connectivity index (χ2v) is 8.03. The first-order valence-corrected chi connectivity index (χ1v) is 10.9. The van der Waals surface area contributed by atoms with Crippen molar-refractivity contribution < 1.29 is 22.7 Å². The topological polar surface area (TPSA) is 50.6 Å². The van der Waals surface area contributed by atoms with Gasteiger partial charge in [0.1, 0.15) is 11.6 Å². The summed E-state index contributed by atoms with van der Waals surface area (Å²) in [4.78, 5) is 21.4. The van der Waals surface area contributed by atoms with Gasteiger partial charge in [-0.1, -0.05) is 12.1 Å². The molecule has 0 aliphatic carbocycles. The van der Waals surface area contributed by atoms with Gasteiger partial charge in [0.2, 0.25) is 0 Å². The van der Waals surface area contributed by atoms with Crippen molar-refractivity contribution in [2.45, 2.75) is 33.2 Å². The summed E-state index contributed by atoms with van der Waals surface area (Å²) in [5, 5.41) is 0. The summed E-state index contributed by atoms with van der Waals surface area (Å²) in [6, 6.07) is 11.4. The summed E-state index contributed by atoms with van der Waals surface area (Å²) in [7, 11) is 3.97. The van der Waals surface area contributed by atoms with Crippen LogP contribution in [-0.4, -0.2) is 65.4 Å². The Balaban J connectivity index is 1.93. The molecule has 9 heteroatoms. The molecule has 0 fully saturated rings. The number of rotatable bonds is 9. The van der Waals surface area contributed by atoms with Crippen molar-refractivity contribution in [3.05, 3.63) is 59.4 Å². The molecule has 3 aromatic rings. The molecule has 2 aromatic carbocycles. The first kappa shape index (κ1) is 24.6. The lowest BCUT2D eigenvalue weighted by Crippen LogP contribution is -2.30. The van der Waals surface area contributed by atoms with Gasteiger partial charge in [-0.05, 0) is 63.8 Å². The summed E-state index contributed by atoms with van der Waals surface area (Å²) in [5.74, 6) is 0.488.